The van der Waals surface area contributed by atoms with Gasteiger partial charge in [-0.1, -0.05) is 51.1 Å². The zero-order valence-corrected chi connectivity index (χ0v) is 12.9. The molecule has 0 aromatic heterocycles. The number of hydrogen-bond donors (Lipinski definition) is 0. The Labute approximate surface area is 122 Å². The second kappa shape index (κ2) is 4.10. The second-order valence-electron chi connectivity index (χ2n) is 7.92. The molecule has 2 aliphatic carbocycles. The minimum absolute atomic E-state index is 0.351. The number of rotatable bonds is 2. The molecule has 2 aromatic rings. The van der Waals surface area contributed by atoms with Gasteiger partial charge in [0.25, 0.3) is 0 Å². The summed E-state index contributed by atoms with van der Waals surface area (Å²) in [6.45, 7) is 7.15. The van der Waals surface area contributed by atoms with Crippen molar-refractivity contribution in [3.63, 3.8) is 0 Å². The Morgan fingerprint density at radius 2 is 1.85 bits per heavy atom. The van der Waals surface area contributed by atoms with E-state index >= 15 is 0 Å². The van der Waals surface area contributed by atoms with Crippen molar-refractivity contribution in [3.05, 3.63) is 47.0 Å². The van der Waals surface area contributed by atoms with E-state index in [1.807, 2.05) is 0 Å². The maximum Gasteiger partial charge on any atom is -0.00663 e. The summed E-state index contributed by atoms with van der Waals surface area (Å²) < 4.78 is 0. The Morgan fingerprint density at radius 1 is 1.05 bits per heavy atom. The van der Waals surface area contributed by atoms with Crippen LogP contribution >= 0.6 is 0 Å². The molecule has 0 aliphatic heterocycles. The molecule has 1 saturated carbocycles. The summed E-state index contributed by atoms with van der Waals surface area (Å²) >= 11 is 0. The van der Waals surface area contributed by atoms with Crippen LogP contribution in [-0.2, 0) is 12.8 Å². The van der Waals surface area contributed by atoms with Crippen molar-refractivity contribution in [2.75, 3.05) is 0 Å². The maximum atomic E-state index is 2.41. The molecule has 0 saturated heterocycles. The molecular formula is C20H24. The zero-order valence-electron chi connectivity index (χ0n) is 12.9. The maximum absolute atomic E-state index is 2.41. The molecule has 20 heavy (non-hydrogen) atoms. The highest BCUT2D eigenvalue weighted by molar-refractivity contribution is 5.94. The quantitative estimate of drug-likeness (QED) is 0.674. The Balaban J connectivity index is 1.89. The monoisotopic (exact) mass is 264 g/mol. The van der Waals surface area contributed by atoms with E-state index in [1.54, 1.807) is 27.5 Å². The molecule has 0 N–H and O–H groups in total. The molecule has 0 radical (unpaired) electrons. The number of hydrogen-bond acceptors (Lipinski definition) is 0. The van der Waals surface area contributed by atoms with Gasteiger partial charge < -0.3 is 0 Å². The van der Waals surface area contributed by atoms with Gasteiger partial charge in [0.05, 0.1) is 0 Å². The van der Waals surface area contributed by atoms with Crippen molar-refractivity contribution < 1.29 is 0 Å². The van der Waals surface area contributed by atoms with Crippen LogP contribution in [0.15, 0.2) is 30.3 Å². The first-order valence-electron chi connectivity index (χ1n) is 8.07. The predicted molar refractivity (Wildman–Crippen MR) is 86.3 cm³/mol. The third-order valence-electron chi connectivity index (χ3n) is 5.30. The third-order valence-corrected chi connectivity index (χ3v) is 5.30. The van der Waals surface area contributed by atoms with E-state index in [0.717, 1.165) is 5.92 Å². The summed E-state index contributed by atoms with van der Waals surface area (Å²) in [5.74, 6) is 1.64. The van der Waals surface area contributed by atoms with Crippen LogP contribution in [0.5, 0.6) is 0 Å². The highest BCUT2D eigenvalue weighted by atomic mass is 14.4. The van der Waals surface area contributed by atoms with Gasteiger partial charge in [-0.05, 0) is 70.4 Å². The average Bonchev–Trinajstić information content (AvgIpc) is 3.12. The van der Waals surface area contributed by atoms with Gasteiger partial charge in [0.1, 0.15) is 0 Å². The van der Waals surface area contributed by atoms with E-state index in [0.29, 0.717) is 11.3 Å². The van der Waals surface area contributed by atoms with Crippen LogP contribution in [0.3, 0.4) is 0 Å². The molecule has 0 bridgehead atoms. The van der Waals surface area contributed by atoms with Crippen molar-refractivity contribution in [2.24, 2.45) is 11.3 Å². The molecule has 0 heteroatoms. The normalized spacial score (nSPS) is 21.6. The zero-order chi connectivity index (χ0) is 13.9. The van der Waals surface area contributed by atoms with Crippen LogP contribution in [0.4, 0.5) is 0 Å². The van der Waals surface area contributed by atoms with Crippen molar-refractivity contribution in [2.45, 2.75) is 52.4 Å². The molecule has 1 fully saturated rings. The molecule has 1 unspecified atom stereocenters. The fourth-order valence-electron chi connectivity index (χ4n) is 3.94. The van der Waals surface area contributed by atoms with Crippen LogP contribution in [0.2, 0.25) is 0 Å². The van der Waals surface area contributed by atoms with Crippen molar-refractivity contribution in [1.29, 1.82) is 0 Å². The van der Waals surface area contributed by atoms with Crippen molar-refractivity contribution in [1.82, 2.24) is 0 Å². The SMILES string of the molecule is CC(C)(C)C1Cc2ccc(CC3CC3)c3cccc1c23. The van der Waals surface area contributed by atoms with Crippen LogP contribution in [0.1, 0.15) is 56.2 Å². The molecule has 0 amide bonds. The highest BCUT2D eigenvalue weighted by Gasteiger charge is 2.33. The summed E-state index contributed by atoms with van der Waals surface area (Å²) in [4.78, 5) is 0. The topological polar surface area (TPSA) is 0 Å². The van der Waals surface area contributed by atoms with Gasteiger partial charge in [0, 0.05) is 0 Å². The fourth-order valence-corrected chi connectivity index (χ4v) is 3.94. The molecular weight excluding hydrogens is 240 g/mol. The van der Waals surface area contributed by atoms with Gasteiger partial charge >= 0.3 is 0 Å². The lowest BCUT2D eigenvalue weighted by molar-refractivity contribution is 0.325. The third kappa shape index (κ3) is 1.89. The van der Waals surface area contributed by atoms with E-state index in [-0.39, 0.29) is 0 Å². The lowest BCUT2D eigenvalue weighted by Crippen LogP contribution is -2.17. The van der Waals surface area contributed by atoms with Gasteiger partial charge in [-0.2, -0.15) is 0 Å². The van der Waals surface area contributed by atoms with Crippen LogP contribution in [-0.4, -0.2) is 0 Å². The average molecular weight is 264 g/mol. The molecule has 1 atom stereocenters. The van der Waals surface area contributed by atoms with E-state index in [2.05, 4.69) is 51.1 Å². The van der Waals surface area contributed by atoms with Crippen LogP contribution in [0.25, 0.3) is 10.8 Å². The van der Waals surface area contributed by atoms with E-state index in [4.69, 9.17) is 0 Å². The van der Waals surface area contributed by atoms with Crippen molar-refractivity contribution >= 4 is 10.8 Å². The largest absolute Gasteiger partial charge is 0.0613 e. The molecule has 0 spiro atoms. The van der Waals surface area contributed by atoms with Gasteiger partial charge in [-0.15, -0.1) is 0 Å². The Kier molecular flexibility index (Phi) is 2.55. The summed E-state index contributed by atoms with van der Waals surface area (Å²) in [5.41, 5.74) is 5.12. The fraction of sp³-hybridized carbons (Fsp3) is 0.500. The first-order chi connectivity index (χ1) is 9.54. The molecule has 2 aromatic carbocycles. The minimum Gasteiger partial charge on any atom is -0.0613 e. The van der Waals surface area contributed by atoms with Crippen LogP contribution < -0.4 is 0 Å². The summed E-state index contributed by atoms with van der Waals surface area (Å²) in [7, 11) is 0. The van der Waals surface area contributed by atoms with E-state index in [9.17, 15) is 0 Å². The first-order valence-corrected chi connectivity index (χ1v) is 8.07. The molecule has 4 rings (SSSR count). The summed E-state index contributed by atoms with van der Waals surface area (Å²) in [6, 6.07) is 11.8. The van der Waals surface area contributed by atoms with Gasteiger partial charge in [0.15, 0.2) is 0 Å². The summed E-state index contributed by atoms with van der Waals surface area (Å²) in [6.07, 6.45) is 5.39. The first kappa shape index (κ1) is 12.4. The smallest absolute Gasteiger partial charge is 0.00663 e. The highest BCUT2D eigenvalue weighted by Crippen LogP contribution is 2.48. The van der Waals surface area contributed by atoms with E-state index in [1.165, 1.54) is 25.7 Å². The van der Waals surface area contributed by atoms with Gasteiger partial charge in [-0.25, -0.2) is 0 Å². The van der Waals surface area contributed by atoms with E-state index < -0.39 is 0 Å². The Bertz CT molecular complexity index is 668. The Morgan fingerprint density at radius 3 is 2.55 bits per heavy atom. The molecule has 104 valence electrons. The van der Waals surface area contributed by atoms with Crippen molar-refractivity contribution in [3.8, 4) is 0 Å². The standard InChI is InChI=1S/C20H24/c1-20(2,3)18-12-15-10-9-14(11-13-7-8-13)16-5-4-6-17(18)19(15)16/h4-6,9-10,13,18H,7-8,11-12H2,1-3H3. The van der Waals surface area contributed by atoms with Gasteiger partial charge in [0.2, 0.25) is 0 Å². The minimum atomic E-state index is 0.351. The lowest BCUT2D eigenvalue weighted by Gasteiger charge is -2.28. The summed E-state index contributed by atoms with van der Waals surface area (Å²) in [5, 5.41) is 3.13. The Hall–Kier alpha value is -1.30. The number of benzene rings is 2. The molecule has 2 aliphatic rings. The molecule has 0 nitrogen and oxygen atoms in total. The van der Waals surface area contributed by atoms with Crippen LogP contribution in [0, 0.1) is 11.3 Å². The van der Waals surface area contributed by atoms with Gasteiger partial charge in [-0.3, -0.25) is 0 Å². The second-order valence-corrected chi connectivity index (χ2v) is 7.92. The lowest BCUT2D eigenvalue weighted by atomic mass is 9.77. The predicted octanol–water partition coefficient (Wildman–Crippen LogP) is 5.48. The molecule has 0 heterocycles.